The quantitative estimate of drug-likeness (QED) is 0.103. The van der Waals surface area contributed by atoms with Crippen molar-refractivity contribution in [2.24, 2.45) is 0 Å². The summed E-state index contributed by atoms with van der Waals surface area (Å²) in [6, 6.07) is 41.9. The van der Waals surface area contributed by atoms with Crippen molar-refractivity contribution in [3.8, 4) is 0 Å². The van der Waals surface area contributed by atoms with E-state index in [0.717, 1.165) is 11.4 Å². The Balaban J connectivity index is 0.000000201. The van der Waals surface area contributed by atoms with Crippen molar-refractivity contribution in [1.29, 1.82) is 0 Å². The largest absolute Gasteiger partial charge is 0.679 e. The molecule has 0 aliphatic carbocycles. The van der Waals surface area contributed by atoms with Gasteiger partial charge in [-0.15, -0.1) is 5.69 Å². The molecule has 0 aliphatic rings. The molecule has 0 amide bonds. The fourth-order valence-electron chi connectivity index (χ4n) is 4.39. The summed E-state index contributed by atoms with van der Waals surface area (Å²) in [4.78, 5) is 4.28. The zero-order valence-corrected chi connectivity index (χ0v) is 25.3. The molecule has 0 bridgehead atoms. The van der Waals surface area contributed by atoms with E-state index in [1.54, 1.807) is 6.20 Å². The number of nitrogens with zero attached hydrogens (tertiary/aromatic N) is 2. The molecule has 1 heterocycles. The Labute approximate surface area is 240 Å². The van der Waals surface area contributed by atoms with Crippen LogP contribution in [-0.4, -0.2) is 4.98 Å². The van der Waals surface area contributed by atoms with Crippen LogP contribution >= 0.6 is 0 Å². The fourth-order valence-corrected chi connectivity index (χ4v) is 4.39. The zero-order chi connectivity index (χ0) is 25.2. The van der Waals surface area contributed by atoms with Crippen LogP contribution in [0.25, 0.3) is 5.32 Å². The Morgan fingerprint density at radius 1 is 0.595 bits per heavy atom. The summed E-state index contributed by atoms with van der Waals surface area (Å²) in [7, 11) is 0. The van der Waals surface area contributed by atoms with Gasteiger partial charge in [-0.2, -0.15) is 0 Å². The Morgan fingerprint density at radius 2 is 1.03 bits per heavy atom. The van der Waals surface area contributed by atoms with Crippen molar-refractivity contribution in [2.45, 2.75) is 27.3 Å². The van der Waals surface area contributed by atoms with Gasteiger partial charge in [-0.3, -0.25) is 4.98 Å². The number of aryl methyl sites for hydroxylation is 3. The van der Waals surface area contributed by atoms with Crippen molar-refractivity contribution in [1.82, 2.24) is 4.98 Å². The smallest absolute Gasteiger partial charge is 0.0270 e. The molecule has 3 heteroatoms. The van der Waals surface area contributed by atoms with Gasteiger partial charge in [0.15, 0.2) is 0 Å². The van der Waals surface area contributed by atoms with Gasteiger partial charge >= 0.3 is 0 Å². The number of hydrogen-bond acceptors (Lipinski definition) is 1. The molecule has 0 radical (unpaired) electrons. The molecular weight excluding hydrogens is 615 g/mol. The van der Waals surface area contributed by atoms with Crippen LogP contribution in [0.4, 0.5) is 5.69 Å². The van der Waals surface area contributed by atoms with Gasteiger partial charge in [-0.05, 0) is 32.9 Å². The SMILES string of the molecule is Cc1cc(C)c([N-]Cc2ccccn2)c(C)c1.[Hf].c1ccc([C-](c2ccccc2)c2ccccc2)cc1. The molecule has 0 spiro atoms. The third kappa shape index (κ3) is 8.03. The fraction of sp³-hybridized carbons (Fsp3) is 0.118. The van der Waals surface area contributed by atoms with E-state index in [4.69, 9.17) is 0 Å². The predicted molar refractivity (Wildman–Crippen MR) is 151 cm³/mol. The number of hydrogen-bond donors (Lipinski definition) is 0. The minimum absolute atomic E-state index is 0. The molecule has 0 saturated carbocycles. The van der Waals surface area contributed by atoms with Crippen LogP contribution < -0.4 is 0 Å². The zero-order valence-electron chi connectivity index (χ0n) is 21.7. The van der Waals surface area contributed by atoms with Gasteiger partial charge in [0, 0.05) is 37.7 Å². The molecule has 2 nitrogen and oxygen atoms in total. The van der Waals surface area contributed by atoms with Gasteiger partial charge in [-0.25, -0.2) is 0 Å². The van der Waals surface area contributed by atoms with Crippen molar-refractivity contribution in [3.05, 3.63) is 178 Å². The van der Waals surface area contributed by atoms with Gasteiger partial charge < -0.3 is 5.32 Å². The van der Waals surface area contributed by atoms with E-state index in [0.29, 0.717) is 6.54 Å². The number of pyridine rings is 1. The first kappa shape index (κ1) is 28.1. The van der Waals surface area contributed by atoms with Crippen LogP contribution in [0, 0.1) is 26.7 Å². The summed E-state index contributed by atoms with van der Waals surface area (Å²) in [6.07, 6.45) is 1.81. The van der Waals surface area contributed by atoms with Gasteiger partial charge in [0.25, 0.3) is 0 Å². The van der Waals surface area contributed by atoms with Gasteiger partial charge in [0.2, 0.25) is 0 Å². The normalized spacial score (nSPS) is 9.92. The second kappa shape index (κ2) is 14.3. The van der Waals surface area contributed by atoms with Crippen LogP contribution in [0.1, 0.15) is 39.1 Å². The van der Waals surface area contributed by atoms with E-state index in [-0.39, 0.29) is 25.8 Å². The van der Waals surface area contributed by atoms with Crippen molar-refractivity contribution in [2.75, 3.05) is 0 Å². The standard InChI is InChI=1S/C19H15.C15H17N2.Hf/c1-4-10-16(11-5-1)19(17-12-6-2-7-13-17)18-14-8-3-9-15-18;1-11-8-12(2)15(13(3)9-11)17-10-14-6-4-5-7-16-14;/h1-15H;4-9H,10H2,1-3H3;/q2*-1;. The van der Waals surface area contributed by atoms with E-state index >= 15 is 0 Å². The number of aromatic nitrogens is 1. The summed E-state index contributed by atoms with van der Waals surface area (Å²) >= 11 is 0. The third-order valence-electron chi connectivity index (χ3n) is 5.95. The van der Waals surface area contributed by atoms with Gasteiger partial charge in [0.05, 0.1) is 0 Å². The average molecular weight is 647 g/mol. The molecule has 1 aromatic heterocycles. The second-order valence-corrected chi connectivity index (χ2v) is 8.86. The summed E-state index contributed by atoms with van der Waals surface area (Å²) < 4.78 is 0. The van der Waals surface area contributed by atoms with E-state index in [2.05, 4.69) is 134 Å². The summed E-state index contributed by atoms with van der Waals surface area (Å²) in [6.45, 7) is 6.97. The van der Waals surface area contributed by atoms with Crippen LogP contribution in [-0.2, 0) is 32.4 Å². The van der Waals surface area contributed by atoms with E-state index in [1.807, 2.05) is 18.2 Å². The molecule has 4 aromatic carbocycles. The minimum Gasteiger partial charge on any atom is -0.679 e. The molecule has 37 heavy (non-hydrogen) atoms. The first-order chi connectivity index (χ1) is 17.6. The van der Waals surface area contributed by atoms with Crippen molar-refractivity contribution < 1.29 is 25.8 Å². The first-order valence-electron chi connectivity index (χ1n) is 12.3. The molecule has 0 atom stereocenters. The Hall–Kier alpha value is -3.43. The van der Waals surface area contributed by atoms with E-state index < -0.39 is 0 Å². The summed E-state index contributed by atoms with van der Waals surface area (Å²) in [5, 5.41) is 4.65. The average Bonchev–Trinajstić information content (AvgIpc) is 2.91. The molecule has 0 fully saturated rings. The maximum atomic E-state index is 4.65. The monoisotopic (exact) mass is 648 g/mol. The van der Waals surface area contributed by atoms with Gasteiger partial charge in [0.1, 0.15) is 0 Å². The minimum atomic E-state index is 0. The van der Waals surface area contributed by atoms with Crippen LogP contribution in [0.2, 0.25) is 0 Å². The molecule has 0 N–H and O–H groups in total. The molecule has 0 saturated heterocycles. The molecule has 0 aliphatic heterocycles. The first-order valence-corrected chi connectivity index (χ1v) is 12.3. The Kier molecular flexibility index (Phi) is 10.9. The van der Waals surface area contributed by atoms with E-state index in [1.165, 1.54) is 39.3 Å². The maximum Gasteiger partial charge on any atom is 0.0270 e. The second-order valence-electron chi connectivity index (χ2n) is 8.86. The summed E-state index contributed by atoms with van der Waals surface area (Å²) in [5.74, 6) is 1.28. The molecule has 0 unspecified atom stereocenters. The van der Waals surface area contributed by atoms with Crippen LogP contribution in [0.5, 0.6) is 0 Å². The third-order valence-corrected chi connectivity index (χ3v) is 5.95. The maximum absolute atomic E-state index is 4.65. The molecular formula is C34H32HfN2-2. The van der Waals surface area contributed by atoms with Crippen LogP contribution in [0.3, 0.4) is 0 Å². The Morgan fingerprint density at radius 3 is 1.43 bits per heavy atom. The van der Waals surface area contributed by atoms with E-state index in [9.17, 15) is 0 Å². The van der Waals surface area contributed by atoms with Crippen LogP contribution in [0.15, 0.2) is 128 Å². The molecule has 5 aromatic rings. The van der Waals surface area contributed by atoms with Crippen molar-refractivity contribution in [3.63, 3.8) is 0 Å². The predicted octanol–water partition coefficient (Wildman–Crippen LogP) is 8.92. The summed E-state index contributed by atoms with van der Waals surface area (Å²) in [5.41, 5.74) is 9.61. The Bertz CT molecular complexity index is 1220. The topological polar surface area (TPSA) is 27.0 Å². The van der Waals surface area contributed by atoms with Gasteiger partial charge in [-0.1, -0.05) is 155 Å². The number of rotatable bonds is 6. The molecule has 5 rings (SSSR count). The van der Waals surface area contributed by atoms with Crippen molar-refractivity contribution >= 4 is 5.69 Å². The molecule has 184 valence electrons. The number of benzene rings is 4.